The lowest BCUT2D eigenvalue weighted by Gasteiger charge is -2.28. The fourth-order valence-corrected chi connectivity index (χ4v) is 3.17. The summed E-state index contributed by atoms with van der Waals surface area (Å²) in [6.07, 6.45) is 3.88. The molecule has 154 valence electrons. The topological polar surface area (TPSA) is 87.5 Å². The van der Waals surface area contributed by atoms with E-state index in [1.54, 1.807) is 4.68 Å². The molecule has 1 unspecified atom stereocenters. The van der Waals surface area contributed by atoms with Crippen LogP contribution in [0.25, 0.3) is 0 Å². The highest BCUT2D eigenvalue weighted by atomic mass is 16.5. The van der Waals surface area contributed by atoms with Crippen LogP contribution in [0.1, 0.15) is 38.8 Å². The van der Waals surface area contributed by atoms with Crippen molar-refractivity contribution in [3.05, 3.63) is 54.0 Å². The fraction of sp³-hybridized carbons (Fsp3) is 0.381. The maximum absolute atomic E-state index is 12.8. The number of aromatic nitrogens is 3. The first-order chi connectivity index (χ1) is 14.1. The molecule has 0 radical (unpaired) electrons. The van der Waals surface area contributed by atoms with Crippen LogP contribution in [0.4, 0.5) is 5.95 Å². The van der Waals surface area contributed by atoms with Crippen molar-refractivity contribution in [1.82, 2.24) is 14.8 Å². The summed E-state index contributed by atoms with van der Waals surface area (Å²) >= 11 is 0. The summed E-state index contributed by atoms with van der Waals surface area (Å²) < 4.78 is 18.6. The van der Waals surface area contributed by atoms with Gasteiger partial charge in [0.25, 0.3) is 0 Å². The quantitative estimate of drug-likeness (QED) is 0.511. The third-order valence-corrected chi connectivity index (χ3v) is 4.39. The Morgan fingerprint density at radius 2 is 2.14 bits per heavy atom. The van der Waals surface area contributed by atoms with Gasteiger partial charge in [-0.25, -0.2) is 9.48 Å². The van der Waals surface area contributed by atoms with Crippen molar-refractivity contribution >= 4 is 11.9 Å². The normalized spacial score (nSPS) is 15.3. The molecule has 1 aliphatic rings. The van der Waals surface area contributed by atoms with Gasteiger partial charge >= 0.3 is 5.97 Å². The molecule has 0 aliphatic carbocycles. The van der Waals surface area contributed by atoms with Gasteiger partial charge in [0, 0.05) is 5.70 Å². The molecule has 1 N–H and O–H groups in total. The van der Waals surface area contributed by atoms with Crippen LogP contribution < -0.4 is 14.8 Å². The molecule has 0 amide bonds. The van der Waals surface area contributed by atoms with Gasteiger partial charge in [-0.2, -0.15) is 10.1 Å². The first-order valence-electron chi connectivity index (χ1n) is 9.65. The zero-order valence-corrected chi connectivity index (χ0v) is 17.0. The number of esters is 1. The number of anilines is 1. The highest BCUT2D eigenvalue weighted by molar-refractivity contribution is 5.92. The Kier molecular flexibility index (Phi) is 6.54. The summed E-state index contributed by atoms with van der Waals surface area (Å²) in [4.78, 5) is 17.1. The Morgan fingerprint density at radius 3 is 2.86 bits per heavy atom. The van der Waals surface area contributed by atoms with Crippen LogP contribution >= 0.6 is 0 Å². The Labute approximate surface area is 170 Å². The zero-order valence-electron chi connectivity index (χ0n) is 17.0. The van der Waals surface area contributed by atoms with Gasteiger partial charge in [-0.15, -0.1) is 0 Å². The zero-order chi connectivity index (χ0) is 20.8. The summed E-state index contributed by atoms with van der Waals surface area (Å²) in [6, 6.07) is 5.13. The van der Waals surface area contributed by atoms with Gasteiger partial charge in [-0.05, 0) is 38.0 Å². The molecule has 1 aliphatic heterocycles. The van der Waals surface area contributed by atoms with E-state index < -0.39 is 12.0 Å². The average Bonchev–Trinajstić information content (AvgIpc) is 3.18. The minimum Gasteiger partial charge on any atom is -0.490 e. The number of nitrogens with one attached hydrogen (secondary N) is 1. The molecule has 0 fully saturated rings. The molecule has 3 rings (SSSR count). The molecular formula is C21H26N4O4. The second-order valence-electron chi connectivity index (χ2n) is 6.47. The monoisotopic (exact) mass is 398 g/mol. The Morgan fingerprint density at radius 1 is 1.31 bits per heavy atom. The average molecular weight is 398 g/mol. The number of carbonyl (C=O) groups is 1. The predicted molar refractivity (Wildman–Crippen MR) is 109 cm³/mol. The van der Waals surface area contributed by atoms with Crippen LogP contribution in [-0.4, -0.2) is 40.6 Å². The van der Waals surface area contributed by atoms with Crippen molar-refractivity contribution in [1.29, 1.82) is 0 Å². The second kappa shape index (κ2) is 9.27. The number of fused-ring (bicyclic) bond motifs is 1. The number of allylic oxidation sites excluding steroid dienone is 1. The molecule has 2 aromatic rings. The molecular weight excluding hydrogens is 372 g/mol. The van der Waals surface area contributed by atoms with Crippen molar-refractivity contribution in [2.24, 2.45) is 0 Å². The van der Waals surface area contributed by atoms with Crippen molar-refractivity contribution in [3.63, 3.8) is 0 Å². The van der Waals surface area contributed by atoms with E-state index in [0.717, 1.165) is 12.0 Å². The first kappa shape index (κ1) is 20.4. The molecule has 0 saturated carbocycles. The molecule has 29 heavy (non-hydrogen) atoms. The van der Waals surface area contributed by atoms with Crippen molar-refractivity contribution in [2.45, 2.75) is 33.2 Å². The number of hydrogen-bond donors (Lipinski definition) is 1. The second-order valence-corrected chi connectivity index (χ2v) is 6.47. The number of carbonyl (C=O) groups excluding carboxylic acids is 1. The lowest BCUT2D eigenvalue weighted by molar-refractivity contribution is -0.138. The maximum atomic E-state index is 12.8. The first-order valence-corrected chi connectivity index (χ1v) is 9.65. The molecule has 1 aromatic carbocycles. The number of rotatable bonds is 9. The number of hydrogen-bond acceptors (Lipinski definition) is 7. The van der Waals surface area contributed by atoms with E-state index in [9.17, 15) is 4.79 Å². The van der Waals surface area contributed by atoms with Gasteiger partial charge in [-0.1, -0.05) is 25.6 Å². The fourth-order valence-electron chi connectivity index (χ4n) is 3.17. The van der Waals surface area contributed by atoms with E-state index >= 15 is 0 Å². The number of benzene rings is 1. The SMILES string of the molecule is C=CCOC(=O)C1=C(C)Nc2ncnn2C1c1ccc(OCCC)c(OCC)c1. The Balaban J connectivity index is 2.06. The van der Waals surface area contributed by atoms with Gasteiger partial charge in [-0.3, -0.25) is 0 Å². The van der Waals surface area contributed by atoms with E-state index in [2.05, 4.69) is 22.0 Å². The molecule has 1 aromatic heterocycles. The largest absolute Gasteiger partial charge is 0.490 e. The summed E-state index contributed by atoms with van der Waals surface area (Å²) in [6.45, 7) is 10.6. The van der Waals surface area contributed by atoms with E-state index in [-0.39, 0.29) is 6.61 Å². The van der Waals surface area contributed by atoms with Crippen LogP contribution in [-0.2, 0) is 9.53 Å². The summed E-state index contributed by atoms with van der Waals surface area (Å²) in [7, 11) is 0. The van der Waals surface area contributed by atoms with E-state index in [0.29, 0.717) is 41.9 Å². The molecule has 2 heterocycles. The van der Waals surface area contributed by atoms with Gasteiger partial charge in [0.15, 0.2) is 11.5 Å². The third-order valence-electron chi connectivity index (χ3n) is 4.39. The molecule has 0 spiro atoms. The molecule has 8 nitrogen and oxygen atoms in total. The number of nitrogens with zero attached hydrogens (tertiary/aromatic N) is 3. The number of ether oxygens (including phenoxy) is 3. The minimum atomic E-state index is -0.509. The van der Waals surface area contributed by atoms with Crippen molar-refractivity contribution < 1.29 is 19.0 Å². The van der Waals surface area contributed by atoms with Crippen LogP contribution in [0.5, 0.6) is 11.5 Å². The Bertz CT molecular complexity index is 919. The lowest BCUT2D eigenvalue weighted by atomic mass is 9.95. The standard InChI is InChI=1S/C21H26N4O4/c1-5-10-28-16-9-8-15(12-17(16)27-7-3)19-18(20(26)29-11-6-2)14(4)24-21-22-13-23-25(19)21/h6,8-9,12-13,19H,2,5,7,10-11H2,1,3-4H3,(H,22,23,24). The van der Waals surface area contributed by atoms with Gasteiger partial charge in [0.05, 0.1) is 18.8 Å². The van der Waals surface area contributed by atoms with Crippen molar-refractivity contribution in [3.8, 4) is 11.5 Å². The maximum Gasteiger partial charge on any atom is 0.338 e. The summed E-state index contributed by atoms with van der Waals surface area (Å²) in [5.74, 6) is 1.40. The minimum absolute atomic E-state index is 0.126. The highest BCUT2D eigenvalue weighted by Gasteiger charge is 2.34. The van der Waals surface area contributed by atoms with Gasteiger partial charge < -0.3 is 19.5 Å². The van der Waals surface area contributed by atoms with E-state index in [1.807, 2.05) is 39.0 Å². The van der Waals surface area contributed by atoms with Crippen molar-refractivity contribution in [2.75, 3.05) is 25.1 Å². The molecule has 8 heteroatoms. The highest BCUT2D eigenvalue weighted by Crippen LogP contribution is 2.39. The molecule has 1 atom stereocenters. The molecule has 0 bridgehead atoms. The smallest absolute Gasteiger partial charge is 0.338 e. The van der Waals surface area contributed by atoms with Crippen LogP contribution in [0, 0.1) is 0 Å². The van der Waals surface area contributed by atoms with Crippen LogP contribution in [0.3, 0.4) is 0 Å². The Hall–Kier alpha value is -3.29. The van der Waals surface area contributed by atoms with E-state index in [4.69, 9.17) is 14.2 Å². The molecule has 0 saturated heterocycles. The lowest BCUT2D eigenvalue weighted by Crippen LogP contribution is -2.29. The van der Waals surface area contributed by atoms with Crippen LogP contribution in [0.15, 0.2) is 48.5 Å². The van der Waals surface area contributed by atoms with E-state index in [1.165, 1.54) is 12.4 Å². The van der Waals surface area contributed by atoms with Crippen LogP contribution in [0.2, 0.25) is 0 Å². The van der Waals surface area contributed by atoms with Gasteiger partial charge in [0.2, 0.25) is 5.95 Å². The predicted octanol–water partition coefficient (Wildman–Crippen LogP) is 3.48. The summed E-state index contributed by atoms with van der Waals surface area (Å²) in [5.41, 5.74) is 1.93. The third kappa shape index (κ3) is 4.26. The van der Waals surface area contributed by atoms with Gasteiger partial charge in [0.1, 0.15) is 19.0 Å². The summed E-state index contributed by atoms with van der Waals surface area (Å²) in [5, 5.41) is 7.43.